The van der Waals surface area contributed by atoms with E-state index in [0.717, 1.165) is 30.7 Å². The Kier molecular flexibility index (Phi) is 6.91. The summed E-state index contributed by atoms with van der Waals surface area (Å²) in [4.78, 5) is 35.9. The minimum absolute atomic E-state index is 0.0982. The number of aliphatic imine (C=N–C) groups is 1. The van der Waals surface area contributed by atoms with Gasteiger partial charge in [-0.25, -0.2) is 4.98 Å². The Bertz CT molecular complexity index is 1170. The van der Waals surface area contributed by atoms with Gasteiger partial charge in [0.1, 0.15) is 11.6 Å². The van der Waals surface area contributed by atoms with Crippen molar-refractivity contribution in [1.82, 2.24) is 15.2 Å². The van der Waals surface area contributed by atoms with Crippen LogP contribution in [0.15, 0.2) is 47.6 Å². The van der Waals surface area contributed by atoms with Gasteiger partial charge in [0.15, 0.2) is 6.61 Å². The van der Waals surface area contributed by atoms with Crippen LogP contribution in [0.4, 0.5) is 5.82 Å². The molecule has 0 spiro atoms. The molecule has 200 valence electrons. The summed E-state index contributed by atoms with van der Waals surface area (Å²) in [5, 5.41) is 5.78. The van der Waals surface area contributed by atoms with Gasteiger partial charge < -0.3 is 15.4 Å². The molecule has 1 atom stereocenters. The van der Waals surface area contributed by atoms with Crippen molar-refractivity contribution in [3.8, 4) is 5.75 Å². The third-order valence-electron chi connectivity index (χ3n) is 9.00. The first-order valence-electron chi connectivity index (χ1n) is 14.0. The second kappa shape index (κ2) is 10.5. The highest BCUT2D eigenvalue weighted by Crippen LogP contribution is 2.60. The molecule has 8 heteroatoms. The first-order chi connectivity index (χ1) is 18.5. The lowest BCUT2D eigenvalue weighted by Crippen LogP contribution is -2.48. The van der Waals surface area contributed by atoms with Crippen LogP contribution >= 0.6 is 0 Å². The standard InChI is InChI=1S/C30H37N5O3/c1-2-27(35-10-9-31-19-35)34-29(37)23-7-8-32-26(14-23)33-28(36)18-38-25-5-3-24(4-6-25)30-15-20-11-21(16-30)13-22(12-20)17-30/h3-9,14,20-22,27H,2,10-13,15-19H2,1H3,(H,34,37)(H,32,33,36). The zero-order chi connectivity index (χ0) is 26.1. The summed E-state index contributed by atoms with van der Waals surface area (Å²) >= 11 is 0. The summed E-state index contributed by atoms with van der Waals surface area (Å²) in [6.45, 7) is 3.21. The number of nitrogens with zero attached hydrogens (tertiary/aromatic N) is 3. The maximum Gasteiger partial charge on any atom is 0.263 e. The van der Waals surface area contributed by atoms with Crippen LogP contribution in [0.3, 0.4) is 0 Å². The molecule has 4 bridgehead atoms. The van der Waals surface area contributed by atoms with Crippen molar-refractivity contribution < 1.29 is 14.3 Å². The van der Waals surface area contributed by atoms with Gasteiger partial charge in [0.2, 0.25) is 0 Å². The predicted molar refractivity (Wildman–Crippen MR) is 146 cm³/mol. The molecule has 4 saturated carbocycles. The van der Waals surface area contributed by atoms with E-state index in [4.69, 9.17) is 4.74 Å². The molecule has 2 N–H and O–H groups in total. The summed E-state index contributed by atoms with van der Waals surface area (Å²) < 4.78 is 5.78. The van der Waals surface area contributed by atoms with E-state index in [1.54, 1.807) is 12.1 Å². The number of carbonyl (C=O) groups is 2. The molecule has 5 aliphatic rings. The molecule has 2 aromatic rings. The van der Waals surface area contributed by atoms with E-state index in [-0.39, 0.29) is 24.6 Å². The van der Waals surface area contributed by atoms with Crippen molar-refractivity contribution >= 4 is 23.8 Å². The monoisotopic (exact) mass is 515 g/mol. The van der Waals surface area contributed by atoms with Gasteiger partial charge in [-0.3, -0.25) is 19.5 Å². The Morgan fingerprint density at radius 1 is 1.08 bits per heavy atom. The van der Waals surface area contributed by atoms with Crippen LogP contribution in [0.1, 0.15) is 67.8 Å². The maximum atomic E-state index is 12.8. The highest BCUT2D eigenvalue weighted by Gasteiger charge is 2.51. The van der Waals surface area contributed by atoms with E-state index in [1.165, 1.54) is 50.3 Å². The van der Waals surface area contributed by atoms with E-state index in [1.807, 2.05) is 25.3 Å². The summed E-state index contributed by atoms with van der Waals surface area (Å²) in [5.74, 6) is 3.20. The molecule has 1 unspecified atom stereocenters. The van der Waals surface area contributed by atoms with Crippen molar-refractivity contribution in [2.75, 3.05) is 25.1 Å². The van der Waals surface area contributed by atoms with Crippen molar-refractivity contribution in [2.45, 2.75) is 63.5 Å². The lowest BCUT2D eigenvalue weighted by molar-refractivity contribution is -0.118. The molecule has 8 nitrogen and oxygen atoms in total. The van der Waals surface area contributed by atoms with E-state index in [0.29, 0.717) is 29.2 Å². The zero-order valence-electron chi connectivity index (χ0n) is 22.1. The lowest BCUT2D eigenvalue weighted by Gasteiger charge is -2.57. The average molecular weight is 516 g/mol. The first kappa shape index (κ1) is 25.0. The van der Waals surface area contributed by atoms with Gasteiger partial charge in [-0.1, -0.05) is 19.1 Å². The Morgan fingerprint density at radius 2 is 1.79 bits per heavy atom. The van der Waals surface area contributed by atoms with E-state index >= 15 is 0 Å². The molecule has 0 radical (unpaired) electrons. The van der Waals surface area contributed by atoms with Gasteiger partial charge >= 0.3 is 0 Å². The van der Waals surface area contributed by atoms with E-state index in [2.05, 4.69) is 37.6 Å². The highest BCUT2D eigenvalue weighted by atomic mass is 16.5. The van der Waals surface area contributed by atoms with Crippen LogP contribution in [0.5, 0.6) is 5.75 Å². The van der Waals surface area contributed by atoms with Gasteiger partial charge in [-0.2, -0.15) is 0 Å². The molecule has 38 heavy (non-hydrogen) atoms. The number of anilines is 1. The van der Waals surface area contributed by atoms with Crippen molar-refractivity contribution in [2.24, 2.45) is 22.7 Å². The fraction of sp³-hybridized carbons (Fsp3) is 0.533. The molecular weight excluding hydrogens is 478 g/mol. The number of rotatable bonds is 9. The van der Waals surface area contributed by atoms with Gasteiger partial charge in [0.25, 0.3) is 11.8 Å². The topological polar surface area (TPSA) is 95.9 Å². The number of hydrogen-bond acceptors (Lipinski definition) is 6. The largest absolute Gasteiger partial charge is 0.484 e. The second-order valence-electron chi connectivity index (χ2n) is 11.7. The van der Waals surface area contributed by atoms with Gasteiger partial charge in [0, 0.05) is 24.5 Å². The number of pyridine rings is 1. The molecule has 4 fully saturated rings. The number of benzene rings is 1. The highest BCUT2D eigenvalue weighted by molar-refractivity contribution is 5.96. The van der Waals surface area contributed by atoms with Gasteiger partial charge in [-0.05, 0) is 97.9 Å². The molecule has 1 aromatic heterocycles. The Morgan fingerprint density at radius 3 is 2.42 bits per heavy atom. The van der Waals surface area contributed by atoms with E-state index < -0.39 is 0 Å². The van der Waals surface area contributed by atoms with Crippen LogP contribution in [-0.2, 0) is 10.2 Å². The molecular formula is C30H37N5O3. The zero-order valence-corrected chi connectivity index (χ0v) is 22.1. The van der Waals surface area contributed by atoms with Crippen molar-refractivity contribution in [3.63, 3.8) is 0 Å². The smallest absolute Gasteiger partial charge is 0.263 e. The third-order valence-corrected chi connectivity index (χ3v) is 9.00. The number of aromatic nitrogens is 1. The van der Waals surface area contributed by atoms with Gasteiger partial charge in [-0.15, -0.1) is 0 Å². The van der Waals surface area contributed by atoms with Crippen LogP contribution < -0.4 is 15.4 Å². The summed E-state index contributed by atoms with van der Waals surface area (Å²) in [6.07, 6.45) is 12.3. The number of hydrogen-bond donors (Lipinski definition) is 2. The molecule has 2 amide bonds. The van der Waals surface area contributed by atoms with Crippen LogP contribution in [0.25, 0.3) is 0 Å². The van der Waals surface area contributed by atoms with Crippen LogP contribution in [-0.4, -0.2) is 53.9 Å². The van der Waals surface area contributed by atoms with Crippen LogP contribution in [0.2, 0.25) is 0 Å². The number of amides is 2. The first-order valence-corrected chi connectivity index (χ1v) is 14.0. The van der Waals surface area contributed by atoms with Gasteiger partial charge in [0.05, 0.1) is 12.8 Å². The maximum absolute atomic E-state index is 12.8. The Balaban J connectivity index is 1.02. The summed E-state index contributed by atoms with van der Waals surface area (Å²) in [5.41, 5.74) is 2.23. The van der Waals surface area contributed by atoms with Crippen molar-refractivity contribution in [1.29, 1.82) is 0 Å². The summed E-state index contributed by atoms with van der Waals surface area (Å²) in [6, 6.07) is 11.6. The quantitative estimate of drug-likeness (QED) is 0.517. The second-order valence-corrected chi connectivity index (χ2v) is 11.7. The van der Waals surface area contributed by atoms with Crippen LogP contribution in [0, 0.1) is 17.8 Å². The Labute approximate surface area is 224 Å². The molecule has 4 aliphatic carbocycles. The molecule has 1 aromatic carbocycles. The minimum Gasteiger partial charge on any atom is -0.484 e. The normalized spacial score (nSPS) is 28.3. The number of nitrogens with one attached hydrogen (secondary N) is 2. The minimum atomic E-state index is -0.319. The molecule has 1 aliphatic heterocycles. The SMILES string of the molecule is CCC(NC(=O)c1ccnc(NC(=O)COc2ccc(C34CC5CC(CC(C5)C3)C4)cc2)c1)N1CC=NC1. The predicted octanol–water partition coefficient (Wildman–Crippen LogP) is 4.38. The fourth-order valence-electron chi connectivity index (χ4n) is 7.63. The Hall–Kier alpha value is -3.26. The number of ether oxygens (including phenoxy) is 1. The van der Waals surface area contributed by atoms with Crippen molar-refractivity contribution in [3.05, 3.63) is 53.7 Å². The lowest BCUT2D eigenvalue weighted by atomic mass is 9.48. The van der Waals surface area contributed by atoms with E-state index in [9.17, 15) is 9.59 Å². The number of carbonyl (C=O) groups excluding carboxylic acids is 2. The molecule has 2 heterocycles. The average Bonchev–Trinajstić information content (AvgIpc) is 3.45. The molecule has 7 rings (SSSR count). The summed E-state index contributed by atoms with van der Waals surface area (Å²) in [7, 11) is 0. The molecule has 0 saturated heterocycles. The fourth-order valence-corrected chi connectivity index (χ4v) is 7.63. The third kappa shape index (κ3) is 5.19.